The van der Waals surface area contributed by atoms with Crippen LogP contribution in [0.5, 0.6) is 0 Å². The topological polar surface area (TPSA) is 46.1 Å². The molecule has 3 rings (SSSR count). The summed E-state index contributed by atoms with van der Waals surface area (Å²) in [6.45, 7) is 4.11. The largest absolute Gasteiger partial charge is 0.340 e. The zero-order valence-corrected chi connectivity index (χ0v) is 16.9. The molecule has 0 fully saturated rings. The molecule has 1 atom stereocenters. The summed E-state index contributed by atoms with van der Waals surface area (Å²) in [5.74, 6) is -0.358. The first-order chi connectivity index (χ1) is 13.4. The molecule has 2 aromatic carbocycles. The number of hydrogen-bond acceptors (Lipinski definition) is 4. The minimum atomic E-state index is -0.357. The molecule has 0 aliphatic rings. The average Bonchev–Trinajstić information content (AvgIpc) is 2.67. The Kier molecular flexibility index (Phi) is 6.41. The summed E-state index contributed by atoms with van der Waals surface area (Å²) < 4.78 is 13.4. The summed E-state index contributed by atoms with van der Waals surface area (Å²) in [5, 5.41) is 0.211. The van der Waals surface area contributed by atoms with E-state index >= 15 is 0 Å². The third-order valence-corrected chi connectivity index (χ3v) is 5.17. The average molecular weight is 396 g/mol. The first-order valence-electron chi connectivity index (χ1n) is 8.99. The van der Waals surface area contributed by atoms with Gasteiger partial charge in [-0.2, -0.15) is 0 Å². The molecule has 0 aliphatic heterocycles. The van der Waals surface area contributed by atoms with Gasteiger partial charge < -0.3 is 4.90 Å². The van der Waals surface area contributed by atoms with Crippen molar-refractivity contribution in [3.63, 3.8) is 0 Å². The van der Waals surface area contributed by atoms with E-state index in [2.05, 4.69) is 9.97 Å². The highest BCUT2D eigenvalue weighted by molar-refractivity contribution is 8.00. The Labute approximate surface area is 168 Å². The van der Waals surface area contributed by atoms with Crippen LogP contribution in [0.3, 0.4) is 0 Å². The lowest BCUT2D eigenvalue weighted by atomic mass is 10.1. The summed E-state index contributed by atoms with van der Waals surface area (Å²) in [6, 6.07) is 18.1. The van der Waals surface area contributed by atoms with Crippen molar-refractivity contribution >= 4 is 17.7 Å². The first-order valence-corrected chi connectivity index (χ1v) is 9.87. The fourth-order valence-electron chi connectivity index (χ4n) is 2.86. The number of nitrogens with zero attached hydrogens (tertiary/aromatic N) is 3. The highest BCUT2D eigenvalue weighted by Crippen LogP contribution is 2.25. The number of thioether (sulfide) groups is 1. The number of aromatic nitrogens is 2. The number of hydrogen-bond donors (Lipinski definition) is 0. The molecule has 0 bridgehead atoms. The maximum Gasteiger partial charge on any atom is 0.235 e. The summed E-state index contributed by atoms with van der Waals surface area (Å²) >= 11 is 1.33. The van der Waals surface area contributed by atoms with Crippen molar-refractivity contribution in [2.24, 2.45) is 0 Å². The van der Waals surface area contributed by atoms with E-state index in [4.69, 9.17) is 0 Å². The Morgan fingerprint density at radius 2 is 1.86 bits per heavy atom. The Morgan fingerprint density at radius 1 is 1.11 bits per heavy atom. The predicted octanol–water partition coefficient (Wildman–Crippen LogP) is 4.73. The van der Waals surface area contributed by atoms with Crippen LogP contribution in [-0.4, -0.2) is 33.1 Å². The fraction of sp³-hybridized carbons (Fsp3) is 0.227. The minimum Gasteiger partial charge on any atom is -0.340 e. The van der Waals surface area contributed by atoms with Gasteiger partial charge in [0.1, 0.15) is 5.82 Å². The molecular formula is C22H22FN3OS. The Bertz CT molecular complexity index is 965. The zero-order chi connectivity index (χ0) is 20.1. The van der Waals surface area contributed by atoms with Crippen molar-refractivity contribution in [1.29, 1.82) is 0 Å². The summed E-state index contributed by atoms with van der Waals surface area (Å²) in [6.07, 6.45) is 0. The smallest absolute Gasteiger partial charge is 0.235 e. The SMILES string of the molecule is Cc1cc(-c2ccccc2)nc(S[C@H](C)C(=O)N(C)Cc2cccc(F)c2)n1. The Hall–Kier alpha value is -2.73. The first kappa shape index (κ1) is 20.0. The van der Waals surface area contributed by atoms with Gasteiger partial charge in [0.05, 0.1) is 10.9 Å². The number of benzene rings is 2. The van der Waals surface area contributed by atoms with E-state index in [1.54, 1.807) is 24.1 Å². The third kappa shape index (κ3) is 5.16. The molecule has 0 N–H and O–H groups in total. The van der Waals surface area contributed by atoms with Gasteiger partial charge in [0.2, 0.25) is 5.91 Å². The molecule has 1 amide bonds. The number of aryl methyl sites for hydroxylation is 1. The molecule has 28 heavy (non-hydrogen) atoms. The van der Waals surface area contributed by atoms with Gasteiger partial charge in [-0.1, -0.05) is 54.2 Å². The van der Waals surface area contributed by atoms with Gasteiger partial charge in [0.25, 0.3) is 0 Å². The number of carbonyl (C=O) groups is 1. The number of amides is 1. The maximum atomic E-state index is 13.4. The lowest BCUT2D eigenvalue weighted by Gasteiger charge is -2.21. The third-order valence-electron chi connectivity index (χ3n) is 4.22. The molecule has 0 saturated carbocycles. The number of carbonyl (C=O) groups excluding carboxylic acids is 1. The highest BCUT2D eigenvalue weighted by atomic mass is 32.2. The van der Waals surface area contributed by atoms with E-state index in [-0.39, 0.29) is 17.0 Å². The Balaban J connectivity index is 1.70. The van der Waals surface area contributed by atoms with E-state index in [9.17, 15) is 9.18 Å². The van der Waals surface area contributed by atoms with Crippen LogP contribution in [0.25, 0.3) is 11.3 Å². The van der Waals surface area contributed by atoms with Crippen molar-refractivity contribution in [2.45, 2.75) is 30.8 Å². The molecule has 6 heteroatoms. The minimum absolute atomic E-state index is 0.0550. The normalized spacial score (nSPS) is 11.9. The van der Waals surface area contributed by atoms with Crippen LogP contribution in [0, 0.1) is 12.7 Å². The molecule has 0 saturated heterocycles. The quantitative estimate of drug-likeness (QED) is 0.447. The molecule has 0 unspecified atom stereocenters. The van der Waals surface area contributed by atoms with E-state index in [0.29, 0.717) is 11.7 Å². The van der Waals surface area contributed by atoms with Gasteiger partial charge in [0, 0.05) is 24.8 Å². The van der Waals surface area contributed by atoms with E-state index in [1.807, 2.05) is 50.2 Å². The molecule has 0 spiro atoms. The summed E-state index contributed by atoms with van der Waals surface area (Å²) in [7, 11) is 1.72. The standard InChI is InChI=1S/C22H22FN3OS/c1-15-12-20(18-9-5-4-6-10-18)25-22(24-15)28-16(2)21(27)26(3)14-17-8-7-11-19(23)13-17/h4-13,16H,14H2,1-3H3/t16-/m1/s1. The monoisotopic (exact) mass is 395 g/mol. The van der Waals surface area contributed by atoms with Crippen LogP contribution in [0.4, 0.5) is 4.39 Å². The van der Waals surface area contributed by atoms with Gasteiger partial charge >= 0.3 is 0 Å². The highest BCUT2D eigenvalue weighted by Gasteiger charge is 2.20. The van der Waals surface area contributed by atoms with Crippen molar-refractivity contribution < 1.29 is 9.18 Å². The van der Waals surface area contributed by atoms with E-state index < -0.39 is 0 Å². The molecule has 3 aromatic rings. The second-order valence-electron chi connectivity index (χ2n) is 6.63. The van der Waals surface area contributed by atoms with Gasteiger partial charge in [-0.05, 0) is 37.6 Å². The number of halogens is 1. The van der Waals surface area contributed by atoms with Crippen LogP contribution in [-0.2, 0) is 11.3 Å². The maximum absolute atomic E-state index is 13.4. The Morgan fingerprint density at radius 3 is 2.57 bits per heavy atom. The van der Waals surface area contributed by atoms with E-state index in [0.717, 1.165) is 22.5 Å². The lowest BCUT2D eigenvalue weighted by molar-refractivity contribution is -0.129. The van der Waals surface area contributed by atoms with Crippen molar-refractivity contribution in [2.75, 3.05) is 7.05 Å². The van der Waals surface area contributed by atoms with Crippen LogP contribution < -0.4 is 0 Å². The second kappa shape index (κ2) is 8.97. The van der Waals surface area contributed by atoms with Crippen molar-refractivity contribution in [1.82, 2.24) is 14.9 Å². The molecule has 1 aromatic heterocycles. The molecule has 1 heterocycles. The van der Waals surface area contributed by atoms with Gasteiger partial charge in [-0.3, -0.25) is 4.79 Å². The van der Waals surface area contributed by atoms with Crippen LogP contribution >= 0.6 is 11.8 Å². The lowest BCUT2D eigenvalue weighted by Crippen LogP contribution is -2.32. The van der Waals surface area contributed by atoms with Gasteiger partial charge in [0.15, 0.2) is 5.16 Å². The summed E-state index contributed by atoms with van der Waals surface area (Å²) in [4.78, 5) is 23.4. The summed E-state index contributed by atoms with van der Waals surface area (Å²) in [5.41, 5.74) is 3.45. The molecule has 0 radical (unpaired) electrons. The molecule has 144 valence electrons. The zero-order valence-electron chi connectivity index (χ0n) is 16.1. The van der Waals surface area contributed by atoms with E-state index in [1.165, 1.54) is 23.9 Å². The van der Waals surface area contributed by atoms with Crippen molar-refractivity contribution in [3.05, 3.63) is 77.7 Å². The molecule has 4 nitrogen and oxygen atoms in total. The van der Waals surface area contributed by atoms with Gasteiger partial charge in [-0.25, -0.2) is 14.4 Å². The number of rotatable bonds is 6. The fourth-order valence-corrected chi connectivity index (χ4v) is 3.80. The second-order valence-corrected chi connectivity index (χ2v) is 7.94. The molecule has 0 aliphatic carbocycles. The van der Waals surface area contributed by atoms with Crippen LogP contribution in [0.1, 0.15) is 18.2 Å². The van der Waals surface area contributed by atoms with Gasteiger partial charge in [-0.15, -0.1) is 0 Å². The predicted molar refractivity (Wildman–Crippen MR) is 110 cm³/mol. The van der Waals surface area contributed by atoms with Crippen LogP contribution in [0.2, 0.25) is 0 Å². The molecular weight excluding hydrogens is 373 g/mol. The van der Waals surface area contributed by atoms with Crippen molar-refractivity contribution in [3.8, 4) is 11.3 Å². The van der Waals surface area contributed by atoms with Crippen LogP contribution in [0.15, 0.2) is 65.8 Å².